The molecular formula is C19H22N2O4. The number of likely N-dealkylation sites (tertiary alicyclic amines) is 1. The third-order valence-corrected chi connectivity index (χ3v) is 4.15. The molecule has 1 aliphatic rings. The molecule has 2 aromatic rings. The molecule has 1 unspecified atom stereocenters. The van der Waals surface area contributed by atoms with Gasteiger partial charge in [0.25, 0.3) is 5.91 Å². The second-order valence-corrected chi connectivity index (χ2v) is 6.05. The Bertz CT molecular complexity index is 685. The monoisotopic (exact) mass is 342 g/mol. The number of para-hydroxylation sites is 1. The van der Waals surface area contributed by atoms with Crippen LogP contribution in [0.5, 0.6) is 5.75 Å². The van der Waals surface area contributed by atoms with Crippen LogP contribution in [-0.4, -0.2) is 42.5 Å². The fourth-order valence-electron chi connectivity index (χ4n) is 2.91. The molecule has 2 amide bonds. The minimum absolute atomic E-state index is 0.0307. The lowest BCUT2D eigenvalue weighted by atomic mass is 10.1. The van der Waals surface area contributed by atoms with Gasteiger partial charge < -0.3 is 19.4 Å². The van der Waals surface area contributed by atoms with Gasteiger partial charge in [0.05, 0.1) is 19.3 Å². The maximum Gasteiger partial charge on any atom is 0.289 e. The quantitative estimate of drug-likeness (QED) is 0.875. The Kier molecular flexibility index (Phi) is 5.72. The molecule has 0 saturated carbocycles. The fourth-order valence-corrected chi connectivity index (χ4v) is 2.91. The van der Waals surface area contributed by atoms with Gasteiger partial charge in [-0.2, -0.15) is 0 Å². The molecule has 1 N–H and O–H groups in total. The predicted molar refractivity (Wildman–Crippen MR) is 92.3 cm³/mol. The molecule has 1 aromatic carbocycles. The summed E-state index contributed by atoms with van der Waals surface area (Å²) in [5, 5.41) is 2.99. The van der Waals surface area contributed by atoms with Crippen molar-refractivity contribution in [2.24, 2.45) is 0 Å². The Balaban J connectivity index is 1.42. The summed E-state index contributed by atoms with van der Waals surface area (Å²) in [6, 6.07) is 12.7. The Morgan fingerprint density at radius 3 is 2.80 bits per heavy atom. The first kappa shape index (κ1) is 17.1. The van der Waals surface area contributed by atoms with E-state index in [-0.39, 0.29) is 24.3 Å². The minimum atomic E-state index is -0.128. The average Bonchev–Trinajstić information content (AvgIpc) is 3.17. The topological polar surface area (TPSA) is 71.8 Å². The molecule has 0 radical (unpaired) electrons. The van der Waals surface area contributed by atoms with E-state index < -0.39 is 0 Å². The maximum atomic E-state index is 12.3. The zero-order valence-electron chi connectivity index (χ0n) is 14.0. The van der Waals surface area contributed by atoms with Crippen molar-refractivity contribution in [3.05, 3.63) is 54.5 Å². The van der Waals surface area contributed by atoms with Gasteiger partial charge in [-0.3, -0.25) is 9.59 Å². The molecule has 1 aromatic heterocycles. The first-order chi connectivity index (χ1) is 12.2. The van der Waals surface area contributed by atoms with Crippen LogP contribution in [0.15, 0.2) is 53.1 Å². The first-order valence-electron chi connectivity index (χ1n) is 8.52. The Hall–Kier alpha value is -2.76. The van der Waals surface area contributed by atoms with Crippen LogP contribution in [-0.2, 0) is 4.79 Å². The molecule has 132 valence electrons. The van der Waals surface area contributed by atoms with Gasteiger partial charge in [-0.1, -0.05) is 18.2 Å². The summed E-state index contributed by atoms with van der Waals surface area (Å²) in [7, 11) is 0. The minimum Gasteiger partial charge on any atom is -0.493 e. The van der Waals surface area contributed by atoms with Crippen molar-refractivity contribution in [3.8, 4) is 5.75 Å². The van der Waals surface area contributed by atoms with E-state index in [1.807, 2.05) is 30.3 Å². The zero-order chi connectivity index (χ0) is 17.5. The first-order valence-corrected chi connectivity index (χ1v) is 8.52. The molecule has 3 rings (SSSR count). The van der Waals surface area contributed by atoms with Crippen molar-refractivity contribution in [2.75, 3.05) is 19.7 Å². The highest BCUT2D eigenvalue weighted by Crippen LogP contribution is 2.14. The normalized spacial score (nSPS) is 17.1. The van der Waals surface area contributed by atoms with Crippen molar-refractivity contribution in [3.63, 3.8) is 0 Å². The van der Waals surface area contributed by atoms with Crippen LogP contribution in [0.3, 0.4) is 0 Å². The third kappa shape index (κ3) is 4.86. The van der Waals surface area contributed by atoms with Crippen molar-refractivity contribution >= 4 is 11.8 Å². The molecule has 6 nitrogen and oxygen atoms in total. The number of carbonyl (C=O) groups is 2. The Labute approximate surface area is 146 Å². The number of ether oxygens (including phenoxy) is 1. The third-order valence-electron chi connectivity index (χ3n) is 4.15. The van der Waals surface area contributed by atoms with E-state index in [2.05, 4.69) is 5.32 Å². The van der Waals surface area contributed by atoms with Crippen LogP contribution in [0.1, 0.15) is 29.8 Å². The molecule has 1 aliphatic heterocycles. The summed E-state index contributed by atoms with van der Waals surface area (Å²) >= 11 is 0. The van der Waals surface area contributed by atoms with E-state index in [1.165, 1.54) is 6.26 Å². The van der Waals surface area contributed by atoms with Crippen LogP contribution in [0.25, 0.3) is 0 Å². The van der Waals surface area contributed by atoms with Gasteiger partial charge in [0.15, 0.2) is 5.76 Å². The summed E-state index contributed by atoms with van der Waals surface area (Å²) in [6.45, 7) is 1.52. The van der Waals surface area contributed by atoms with E-state index >= 15 is 0 Å². The molecular weight excluding hydrogens is 320 g/mol. The van der Waals surface area contributed by atoms with E-state index in [1.54, 1.807) is 17.0 Å². The lowest BCUT2D eigenvalue weighted by molar-refractivity contribution is -0.122. The molecule has 1 fully saturated rings. The molecule has 0 spiro atoms. The maximum absolute atomic E-state index is 12.3. The highest BCUT2D eigenvalue weighted by molar-refractivity contribution is 5.91. The van der Waals surface area contributed by atoms with Crippen molar-refractivity contribution in [1.29, 1.82) is 0 Å². The highest BCUT2D eigenvalue weighted by atomic mass is 16.5. The van der Waals surface area contributed by atoms with Gasteiger partial charge in [0.1, 0.15) is 5.75 Å². The van der Waals surface area contributed by atoms with Crippen LogP contribution < -0.4 is 10.1 Å². The number of piperidine rings is 1. The van der Waals surface area contributed by atoms with E-state index in [0.29, 0.717) is 25.5 Å². The second-order valence-electron chi connectivity index (χ2n) is 6.05. The van der Waals surface area contributed by atoms with Gasteiger partial charge in [0.2, 0.25) is 5.91 Å². The molecule has 0 aliphatic carbocycles. The summed E-state index contributed by atoms with van der Waals surface area (Å²) in [5.74, 6) is 0.899. The number of hydrogen-bond donors (Lipinski definition) is 1. The van der Waals surface area contributed by atoms with E-state index in [0.717, 1.165) is 18.6 Å². The zero-order valence-corrected chi connectivity index (χ0v) is 14.0. The van der Waals surface area contributed by atoms with Gasteiger partial charge >= 0.3 is 0 Å². The van der Waals surface area contributed by atoms with Crippen LogP contribution in [0.4, 0.5) is 0 Å². The molecule has 1 atom stereocenters. The summed E-state index contributed by atoms with van der Waals surface area (Å²) in [4.78, 5) is 26.1. The number of nitrogens with zero attached hydrogens (tertiary/aromatic N) is 1. The van der Waals surface area contributed by atoms with Gasteiger partial charge in [0, 0.05) is 19.1 Å². The lowest BCUT2D eigenvalue weighted by Crippen LogP contribution is -2.49. The number of carbonyl (C=O) groups excluding carboxylic acids is 2. The van der Waals surface area contributed by atoms with Crippen LogP contribution in [0.2, 0.25) is 0 Å². The van der Waals surface area contributed by atoms with Crippen molar-refractivity contribution in [2.45, 2.75) is 25.3 Å². The van der Waals surface area contributed by atoms with E-state index in [4.69, 9.17) is 9.15 Å². The number of rotatable bonds is 6. The molecule has 25 heavy (non-hydrogen) atoms. The summed E-state index contributed by atoms with van der Waals surface area (Å²) in [5.41, 5.74) is 0. The highest BCUT2D eigenvalue weighted by Gasteiger charge is 2.26. The smallest absolute Gasteiger partial charge is 0.289 e. The SMILES string of the molecule is O=C(CCOc1ccccc1)NC1CCCN(C(=O)c2ccco2)C1. The predicted octanol–water partition coefficient (Wildman–Crippen LogP) is 2.47. The molecule has 2 heterocycles. The summed E-state index contributed by atoms with van der Waals surface area (Å²) < 4.78 is 10.7. The lowest BCUT2D eigenvalue weighted by Gasteiger charge is -2.32. The largest absolute Gasteiger partial charge is 0.493 e. The van der Waals surface area contributed by atoms with Crippen molar-refractivity contribution < 1.29 is 18.7 Å². The second kappa shape index (κ2) is 8.37. The number of amides is 2. The van der Waals surface area contributed by atoms with Crippen LogP contribution in [0, 0.1) is 0 Å². The molecule has 1 saturated heterocycles. The van der Waals surface area contributed by atoms with Crippen molar-refractivity contribution in [1.82, 2.24) is 10.2 Å². The standard InChI is InChI=1S/C19H22N2O4/c22-18(10-13-24-16-7-2-1-3-8-16)20-15-6-4-11-21(14-15)19(23)17-9-5-12-25-17/h1-3,5,7-9,12,15H,4,6,10-11,13-14H2,(H,20,22). The number of furan rings is 1. The van der Waals surface area contributed by atoms with Gasteiger partial charge in [-0.25, -0.2) is 0 Å². The Morgan fingerprint density at radius 2 is 2.04 bits per heavy atom. The number of benzene rings is 1. The molecule has 0 bridgehead atoms. The number of nitrogens with one attached hydrogen (secondary N) is 1. The molecule has 6 heteroatoms. The van der Waals surface area contributed by atoms with Crippen LogP contribution >= 0.6 is 0 Å². The average molecular weight is 342 g/mol. The van der Waals surface area contributed by atoms with Gasteiger partial charge in [-0.15, -0.1) is 0 Å². The van der Waals surface area contributed by atoms with E-state index in [9.17, 15) is 9.59 Å². The summed E-state index contributed by atoms with van der Waals surface area (Å²) in [6.07, 6.45) is 3.51. The fraction of sp³-hybridized carbons (Fsp3) is 0.368. The Morgan fingerprint density at radius 1 is 1.20 bits per heavy atom. The number of hydrogen-bond acceptors (Lipinski definition) is 4. The van der Waals surface area contributed by atoms with Gasteiger partial charge in [-0.05, 0) is 37.1 Å².